The van der Waals surface area contributed by atoms with Crippen LogP contribution in [0, 0.1) is 19.7 Å². The molecule has 0 saturated carbocycles. The summed E-state index contributed by atoms with van der Waals surface area (Å²) in [7, 11) is 0. The molecule has 5 rings (SSSR count). The molecule has 4 aromatic rings. The highest BCUT2D eigenvalue weighted by molar-refractivity contribution is 8.18. The second kappa shape index (κ2) is 9.47. The van der Waals surface area contributed by atoms with Crippen LogP contribution >= 0.6 is 11.8 Å². The van der Waals surface area contributed by atoms with Crippen LogP contribution in [-0.4, -0.2) is 33.1 Å². The Morgan fingerprint density at radius 3 is 2.44 bits per heavy atom. The number of thioether (sulfide) groups is 1. The molecule has 0 radical (unpaired) electrons. The van der Waals surface area contributed by atoms with Crippen LogP contribution in [0.4, 0.5) is 14.9 Å². The standard InChI is InChI=1S/C28H22FN3O3S/c1-17-13-21(18(2)32(17)24-12-7-19-5-3-4-6-20(19)14-24)15-25-27(34)31(28(35)36-25)16-26(33)30-23-10-8-22(29)9-11-23/h3-15H,16H2,1-2H3,(H,30,33)/b25-15-. The fourth-order valence-corrected chi connectivity index (χ4v) is 5.13. The number of amides is 3. The van der Waals surface area contributed by atoms with E-state index in [1.165, 1.54) is 24.3 Å². The van der Waals surface area contributed by atoms with E-state index in [1.807, 2.05) is 32.0 Å². The van der Waals surface area contributed by atoms with Crippen molar-refractivity contribution in [1.29, 1.82) is 0 Å². The van der Waals surface area contributed by atoms with Crippen LogP contribution in [0.3, 0.4) is 0 Å². The van der Waals surface area contributed by atoms with Crippen molar-refractivity contribution in [3.05, 3.63) is 100 Å². The summed E-state index contributed by atoms with van der Waals surface area (Å²) in [5.41, 5.74) is 4.14. The molecule has 0 unspecified atom stereocenters. The molecule has 1 N–H and O–H groups in total. The SMILES string of the molecule is Cc1cc(/C=C2\SC(=O)N(CC(=O)Nc3ccc(F)cc3)C2=O)c(C)n1-c1ccc2ccccc2c1. The van der Waals surface area contributed by atoms with Crippen LogP contribution in [0.5, 0.6) is 0 Å². The topological polar surface area (TPSA) is 71.4 Å². The molecule has 3 amide bonds. The molecule has 180 valence electrons. The second-order valence-corrected chi connectivity index (χ2v) is 9.51. The third-order valence-corrected chi connectivity index (χ3v) is 6.96. The van der Waals surface area contributed by atoms with Crippen molar-refractivity contribution in [1.82, 2.24) is 9.47 Å². The van der Waals surface area contributed by atoms with Gasteiger partial charge in [0.05, 0.1) is 4.91 Å². The van der Waals surface area contributed by atoms with E-state index in [-0.39, 0.29) is 4.91 Å². The van der Waals surface area contributed by atoms with Crippen molar-refractivity contribution < 1.29 is 18.8 Å². The Balaban J connectivity index is 1.36. The van der Waals surface area contributed by atoms with Gasteiger partial charge in [0.1, 0.15) is 12.4 Å². The Hall–Kier alpha value is -4.17. The quantitative estimate of drug-likeness (QED) is 0.339. The van der Waals surface area contributed by atoms with Crippen molar-refractivity contribution in [2.75, 3.05) is 11.9 Å². The van der Waals surface area contributed by atoms with Gasteiger partial charge >= 0.3 is 0 Å². The molecule has 8 heteroatoms. The molecule has 0 aliphatic carbocycles. The van der Waals surface area contributed by atoms with Crippen molar-refractivity contribution in [2.24, 2.45) is 0 Å². The van der Waals surface area contributed by atoms with E-state index in [0.717, 1.165) is 50.1 Å². The average molecular weight is 500 g/mol. The number of imide groups is 1. The minimum Gasteiger partial charge on any atom is -0.325 e. The van der Waals surface area contributed by atoms with Crippen LogP contribution in [-0.2, 0) is 9.59 Å². The smallest absolute Gasteiger partial charge is 0.294 e. The van der Waals surface area contributed by atoms with Crippen LogP contribution in [0.2, 0.25) is 0 Å². The first kappa shape index (κ1) is 23.6. The molecular formula is C28H22FN3O3S. The molecule has 0 atom stereocenters. The molecule has 1 aliphatic rings. The molecule has 1 aromatic heterocycles. The zero-order valence-corrected chi connectivity index (χ0v) is 20.4. The molecule has 36 heavy (non-hydrogen) atoms. The third-order valence-electron chi connectivity index (χ3n) is 6.05. The van der Waals surface area contributed by atoms with Gasteiger partial charge in [-0.2, -0.15) is 0 Å². The van der Waals surface area contributed by atoms with Crippen LogP contribution in [0.15, 0.2) is 77.7 Å². The number of nitrogens with zero attached hydrogens (tertiary/aromatic N) is 2. The van der Waals surface area contributed by atoms with Crippen LogP contribution < -0.4 is 5.32 Å². The Kier molecular flexibility index (Phi) is 6.20. The van der Waals surface area contributed by atoms with Crippen molar-refractivity contribution in [2.45, 2.75) is 13.8 Å². The van der Waals surface area contributed by atoms with Gasteiger partial charge in [-0.25, -0.2) is 4.39 Å². The first-order chi connectivity index (χ1) is 17.3. The zero-order chi connectivity index (χ0) is 25.4. The monoisotopic (exact) mass is 499 g/mol. The molecular weight excluding hydrogens is 477 g/mol. The van der Waals surface area contributed by atoms with E-state index >= 15 is 0 Å². The van der Waals surface area contributed by atoms with Crippen LogP contribution in [0.25, 0.3) is 22.5 Å². The molecule has 1 aliphatic heterocycles. The predicted molar refractivity (Wildman–Crippen MR) is 140 cm³/mol. The second-order valence-electron chi connectivity index (χ2n) is 8.52. The maximum absolute atomic E-state index is 13.1. The maximum Gasteiger partial charge on any atom is 0.294 e. The summed E-state index contributed by atoms with van der Waals surface area (Å²) in [5, 5.41) is 4.34. The fourth-order valence-electron chi connectivity index (χ4n) is 4.30. The van der Waals surface area contributed by atoms with Crippen molar-refractivity contribution in [3.8, 4) is 5.69 Å². The van der Waals surface area contributed by atoms with Crippen LogP contribution in [0.1, 0.15) is 17.0 Å². The summed E-state index contributed by atoms with van der Waals surface area (Å²) in [4.78, 5) is 39.0. The van der Waals surface area contributed by atoms with Gasteiger partial charge in [-0.3, -0.25) is 19.3 Å². The van der Waals surface area contributed by atoms with Gasteiger partial charge < -0.3 is 9.88 Å². The Labute approximate surface area is 211 Å². The molecule has 2 heterocycles. The van der Waals surface area contributed by atoms with Crippen molar-refractivity contribution in [3.63, 3.8) is 0 Å². The summed E-state index contributed by atoms with van der Waals surface area (Å²) in [6.07, 6.45) is 1.70. The number of carbonyl (C=O) groups excluding carboxylic acids is 3. The number of nitrogens with one attached hydrogen (secondary N) is 1. The van der Waals surface area contributed by atoms with Gasteiger partial charge in [0.25, 0.3) is 11.1 Å². The summed E-state index contributed by atoms with van der Waals surface area (Å²) < 4.78 is 15.2. The summed E-state index contributed by atoms with van der Waals surface area (Å²) in [6.45, 7) is 3.54. The Bertz CT molecular complexity index is 1560. The average Bonchev–Trinajstić information content (AvgIpc) is 3.29. The van der Waals surface area contributed by atoms with Gasteiger partial charge in [0.2, 0.25) is 5.91 Å². The van der Waals surface area contributed by atoms with Gasteiger partial charge in [-0.15, -0.1) is 0 Å². The van der Waals surface area contributed by atoms with E-state index in [2.05, 4.69) is 40.2 Å². The number of aryl methyl sites for hydroxylation is 1. The zero-order valence-electron chi connectivity index (χ0n) is 19.6. The predicted octanol–water partition coefficient (Wildman–Crippen LogP) is 6.06. The summed E-state index contributed by atoms with van der Waals surface area (Å²) in [6, 6.07) is 21.6. The van der Waals surface area contributed by atoms with Crippen molar-refractivity contribution >= 4 is 51.4 Å². The fraction of sp³-hybridized carbons (Fsp3) is 0.107. The van der Waals surface area contributed by atoms with Gasteiger partial charge in [0.15, 0.2) is 0 Å². The number of anilines is 1. The number of carbonyl (C=O) groups is 3. The largest absolute Gasteiger partial charge is 0.325 e. The third kappa shape index (κ3) is 4.55. The van der Waals surface area contributed by atoms with E-state index in [0.29, 0.717) is 5.69 Å². The summed E-state index contributed by atoms with van der Waals surface area (Å²) >= 11 is 0.808. The minimum atomic E-state index is -0.542. The number of aromatic nitrogens is 1. The molecule has 0 spiro atoms. The minimum absolute atomic E-state index is 0.258. The normalized spacial score (nSPS) is 14.8. The highest BCUT2D eigenvalue weighted by atomic mass is 32.2. The summed E-state index contributed by atoms with van der Waals surface area (Å²) in [5.74, 6) is -1.49. The molecule has 0 bridgehead atoms. The molecule has 3 aromatic carbocycles. The first-order valence-corrected chi connectivity index (χ1v) is 12.1. The first-order valence-electron chi connectivity index (χ1n) is 11.3. The highest BCUT2D eigenvalue weighted by Crippen LogP contribution is 2.34. The Morgan fingerprint density at radius 1 is 0.972 bits per heavy atom. The van der Waals surface area contributed by atoms with Gasteiger partial charge in [-0.05, 0) is 90.5 Å². The lowest BCUT2D eigenvalue weighted by Crippen LogP contribution is -2.36. The molecule has 1 saturated heterocycles. The van der Waals surface area contributed by atoms with E-state index in [1.54, 1.807) is 6.08 Å². The number of hydrogen-bond acceptors (Lipinski definition) is 4. The molecule has 1 fully saturated rings. The number of benzene rings is 3. The number of fused-ring (bicyclic) bond motifs is 1. The van der Waals surface area contributed by atoms with Gasteiger partial charge in [-0.1, -0.05) is 30.3 Å². The van der Waals surface area contributed by atoms with E-state index in [9.17, 15) is 18.8 Å². The molecule has 6 nitrogen and oxygen atoms in total. The lowest BCUT2D eigenvalue weighted by atomic mass is 10.1. The number of halogens is 1. The lowest BCUT2D eigenvalue weighted by Gasteiger charge is -2.12. The van der Waals surface area contributed by atoms with E-state index in [4.69, 9.17) is 0 Å². The highest BCUT2D eigenvalue weighted by Gasteiger charge is 2.36. The Morgan fingerprint density at radius 2 is 1.69 bits per heavy atom. The maximum atomic E-state index is 13.1. The van der Waals surface area contributed by atoms with Gasteiger partial charge in [0, 0.05) is 22.8 Å². The lowest BCUT2D eigenvalue weighted by molar-refractivity contribution is -0.127. The van der Waals surface area contributed by atoms with E-state index < -0.39 is 29.4 Å². The number of hydrogen-bond donors (Lipinski definition) is 1. The number of rotatable bonds is 5.